The van der Waals surface area contributed by atoms with E-state index in [0.717, 1.165) is 29.5 Å². The first-order chi connectivity index (χ1) is 13.0. The van der Waals surface area contributed by atoms with E-state index < -0.39 is 12.3 Å². The standard InChI is InChI=1S/C19H16F2N4O2/c1-10-6-7-22-15(8-10)18(26)23-14-5-3-11-9-12(2-4-13(11)14)17-24-19(16(20)21)27-25-17/h2,4,6-9,14,16H,3,5H2,1H3,(H,23,26). The number of fused-ring (bicyclic) bond motifs is 1. The second-order valence-corrected chi connectivity index (χ2v) is 6.45. The Balaban J connectivity index is 1.53. The Hall–Kier alpha value is -3.16. The molecule has 8 heteroatoms. The number of carbonyl (C=O) groups is 1. The predicted molar refractivity (Wildman–Crippen MR) is 92.2 cm³/mol. The largest absolute Gasteiger partial charge is 0.344 e. The van der Waals surface area contributed by atoms with Gasteiger partial charge in [-0.05, 0) is 54.7 Å². The second-order valence-electron chi connectivity index (χ2n) is 6.45. The molecule has 1 aliphatic carbocycles. The molecule has 27 heavy (non-hydrogen) atoms. The molecule has 1 amide bonds. The lowest BCUT2D eigenvalue weighted by molar-refractivity contribution is 0.0931. The van der Waals surface area contributed by atoms with E-state index >= 15 is 0 Å². The van der Waals surface area contributed by atoms with E-state index in [4.69, 9.17) is 0 Å². The number of pyridine rings is 1. The average Bonchev–Trinajstić information content (AvgIpc) is 3.29. The van der Waals surface area contributed by atoms with Gasteiger partial charge in [0.25, 0.3) is 11.8 Å². The molecule has 0 radical (unpaired) electrons. The molecule has 1 atom stereocenters. The zero-order chi connectivity index (χ0) is 19.0. The molecule has 0 aliphatic heterocycles. The van der Waals surface area contributed by atoms with Crippen molar-refractivity contribution in [1.82, 2.24) is 20.4 Å². The van der Waals surface area contributed by atoms with Crippen LogP contribution >= 0.6 is 0 Å². The Kier molecular flexibility index (Phi) is 4.39. The first-order valence-corrected chi connectivity index (χ1v) is 8.50. The van der Waals surface area contributed by atoms with Crippen LogP contribution in [-0.4, -0.2) is 21.0 Å². The van der Waals surface area contributed by atoms with E-state index in [9.17, 15) is 13.6 Å². The fraction of sp³-hybridized carbons (Fsp3) is 0.263. The fourth-order valence-electron chi connectivity index (χ4n) is 3.24. The van der Waals surface area contributed by atoms with Crippen LogP contribution in [0.15, 0.2) is 41.1 Å². The van der Waals surface area contributed by atoms with Gasteiger partial charge in [-0.25, -0.2) is 0 Å². The number of aromatic nitrogens is 3. The molecule has 6 nitrogen and oxygen atoms in total. The van der Waals surface area contributed by atoms with Crippen LogP contribution in [-0.2, 0) is 6.42 Å². The van der Waals surface area contributed by atoms with E-state index in [0.29, 0.717) is 11.3 Å². The zero-order valence-corrected chi connectivity index (χ0v) is 14.4. The summed E-state index contributed by atoms with van der Waals surface area (Å²) in [6.07, 6.45) is 0.327. The van der Waals surface area contributed by atoms with Crippen molar-refractivity contribution < 1.29 is 18.1 Å². The van der Waals surface area contributed by atoms with Crippen LogP contribution in [0.5, 0.6) is 0 Å². The quantitative estimate of drug-likeness (QED) is 0.756. The lowest BCUT2D eigenvalue weighted by atomic mass is 10.0. The van der Waals surface area contributed by atoms with Gasteiger partial charge in [-0.3, -0.25) is 9.78 Å². The number of rotatable bonds is 4. The van der Waals surface area contributed by atoms with Crippen molar-refractivity contribution in [3.63, 3.8) is 0 Å². The number of aryl methyl sites for hydroxylation is 2. The molecule has 1 N–H and O–H groups in total. The zero-order valence-electron chi connectivity index (χ0n) is 14.4. The first kappa shape index (κ1) is 17.3. The molecule has 1 aromatic carbocycles. The minimum absolute atomic E-state index is 0.120. The summed E-state index contributed by atoms with van der Waals surface area (Å²) in [6.45, 7) is 1.91. The summed E-state index contributed by atoms with van der Waals surface area (Å²) >= 11 is 0. The number of hydrogen-bond donors (Lipinski definition) is 1. The van der Waals surface area contributed by atoms with Gasteiger partial charge in [0.15, 0.2) is 0 Å². The lowest BCUT2D eigenvalue weighted by Crippen LogP contribution is -2.27. The Bertz CT molecular complexity index is 1000. The van der Waals surface area contributed by atoms with Gasteiger partial charge in [0, 0.05) is 11.8 Å². The normalized spacial score (nSPS) is 15.8. The molecule has 4 rings (SSSR count). The third-order valence-corrected chi connectivity index (χ3v) is 4.56. The molecule has 1 unspecified atom stereocenters. The van der Waals surface area contributed by atoms with Crippen molar-refractivity contribution >= 4 is 5.91 Å². The van der Waals surface area contributed by atoms with E-state index in [-0.39, 0.29) is 17.8 Å². The van der Waals surface area contributed by atoms with Crippen molar-refractivity contribution in [3.8, 4) is 11.4 Å². The van der Waals surface area contributed by atoms with Crippen LogP contribution in [0.25, 0.3) is 11.4 Å². The van der Waals surface area contributed by atoms with Crippen LogP contribution in [0.4, 0.5) is 8.78 Å². The van der Waals surface area contributed by atoms with Crippen molar-refractivity contribution in [2.75, 3.05) is 0 Å². The van der Waals surface area contributed by atoms with Gasteiger partial charge in [0.05, 0.1) is 6.04 Å². The summed E-state index contributed by atoms with van der Waals surface area (Å²) in [5.74, 6) is -0.786. The van der Waals surface area contributed by atoms with Crippen molar-refractivity contribution in [1.29, 1.82) is 0 Å². The molecule has 0 saturated heterocycles. The highest BCUT2D eigenvalue weighted by Crippen LogP contribution is 2.34. The van der Waals surface area contributed by atoms with Gasteiger partial charge in [0.2, 0.25) is 5.82 Å². The number of nitrogens with zero attached hydrogens (tertiary/aromatic N) is 3. The smallest absolute Gasteiger partial charge is 0.315 e. The van der Waals surface area contributed by atoms with E-state index in [1.807, 2.05) is 25.1 Å². The summed E-state index contributed by atoms with van der Waals surface area (Å²) in [4.78, 5) is 20.3. The van der Waals surface area contributed by atoms with Crippen molar-refractivity contribution in [2.24, 2.45) is 0 Å². The number of benzene rings is 1. The molecule has 1 aliphatic rings. The molecular weight excluding hydrogens is 354 g/mol. The molecule has 2 aromatic heterocycles. The Morgan fingerprint density at radius 3 is 2.89 bits per heavy atom. The summed E-state index contributed by atoms with van der Waals surface area (Å²) in [5, 5.41) is 6.61. The third kappa shape index (κ3) is 3.42. The summed E-state index contributed by atoms with van der Waals surface area (Å²) < 4.78 is 29.8. The second kappa shape index (κ2) is 6.86. The van der Waals surface area contributed by atoms with Gasteiger partial charge >= 0.3 is 6.43 Å². The third-order valence-electron chi connectivity index (χ3n) is 4.56. The number of alkyl halides is 2. The maximum atomic E-state index is 12.6. The van der Waals surface area contributed by atoms with Gasteiger partial charge in [0.1, 0.15) is 5.69 Å². The highest BCUT2D eigenvalue weighted by molar-refractivity contribution is 5.92. The van der Waals surface area contributed by atoms with Gasteiger partial charge in [-0.1, -0.05) is 17.3 Å². The Morgan fingerprint density at radius 2 is 2.15 bits per heavy atom. The monoisotopic (exact) mass is 370 g/mol. The fourth-order valence-corrected chi connectivity index (χ4v) is 3.24. The summed E-state index contributed by atoms with van der Waals surface area (Å²) in [7, 11) is 0. The molecule has 0 fully saturated rings. The van der Waals surface area contributed by atoms with Crippen LogP contribution in [0.1, 0.15) is 52.0 Å². The molecule has 3 aromatic rings. The van der Waals surface area contributed by atoms with E-state index in [1.165, 1.54) is 0 Å². The van der Waals surface area contributed by atoms with Crippen molar-refractivity contribution in [3.05, 3.63) is 64.8 Å². The predicted octanol–water partition coefficient (Wildman–Crippen LogP) is 3.79. The maximum absolute atomic E-state index is 12.6. The number of amides is 1. The molecular formula is C19H16F2N4O2. The summed E-state index contributed by atoms with van der Waals surface area (Å²) in [5.41, 5.74) is 3.98. The highest BCUT2D eigenvalue weighted by Gasteiger charge is 2.26. The van der Waals surface area contributed by atoms with Crippen LogP contribution in [0, 0.1) is 6.92 Å². The SMILES string of the molecule is Cc1ccnc(C(=O)NC2CCc3cc(-c4noc(C(F)F)n4)ccc32)c1. The minimum atomic E-state index is -2.80. The number of carbonyl (C=O) groups excluding carboxylic acids is 1. The lowest BCUT2D eigenvalue weighted by Gasteiger charge is -2.14. The van der Waals surface area contributed by atoms with E-state index in [2.05, 4.69) is 25.0 Å². The highest BCUT2D eigenvalue weighted by atomic mass is 19.3. The number of halogens is 2. The maximum Gasteiger partial charge on any atom is 0.315 e. The van der Waals surface area contributed by atoms with Crippen LogP contribution in [0.3, 0.4) is 0 Å². The Morgan fingerprint density at radius 1 is 1.30 bits per heavy atom. The van der Waals surface area contributed by atoms with Gasteiger partial charge < -0.3 is 9.84 Å². The van der Waals surface area contributed by atoms with Crippen LogP contribution < -0.4 is 5.32 Å². The van der Waals surface area contributed by atoms with Gasteiger partial charge in [-0.15, -0.1) is 0 Å². The first-order valence-electron chi connectivity index (χ1n) is 8.50. The topological polar surface area (TPSA) is 80.9 Å². The summed E-state index contributed by atoms with van der Waals surface area (Å²) in [6, 6.07) is 8.92. The molecule has 0 saturated carbocycles. The molecule has 2 heterocycles. The molecule has 138 valence electrons. The number of hydrogen-bond acceptors (Lipinski definition) is 5. The minimum Gasteiger partial charge on any atom is -0.344 e. The Labute approximate surface area is 153 Å². The van der Waals surface area contributed by atoms with Gasteiger partial charge in [-0.2, -0.15) is 13.8 Å². The van der Waals surface area contributed by atoms with Crippen molar-refractivity contribution in [2.45, 2.75) is 32.2 Å². The molecule has 0 bridgehead atoms. The van der Waals surface area contributed by atoms with E-state index in [1.54, 1.807) is 18.3 Å². The van der Waals surface area contributed by atoms with Crippen LogP contribution in [0.2, 0.25) is 0 Å². The average molecular weight is 370 g/mol. The number of nitrogens with one attached hydrogen (secondary N) is 1. The molecule has 0 spiro atoms.